The Labute approximate surface area is 290 Å². The van der Waals surface area contributed by atoms with Gasteiger partial charge in [0, 0.05) is 31.0 Å². The molecule has 9 nitrogen and oxygen atoms in total. The summed E-state index contributed by atoms with van der Waals surface area (Å²) in [6.07, 6.45) is 4.32. The lowest BCUT2D eigenvalue weighted by molar-refractivity contribution is -0.159. The van der Waals surface area contributed by atoms with Crippen molar-refractivity contribution in [2.75, 3.05) is 39.2 Å². The third-order valence-electron chi connectivity index (χ3n) is 9.01. The summed E-state index contributed by atoms with van der Waals surface area (Å²) in [4.78, 5) is 33.9. The zero-order valence-electron chi connectivity index (χ0n) is 26.7. The fraction of sp³-hybridized carbons (Fsp3) is 0.324. The van der Waals surface area contributed by atoms with Crippen molar-refractivity contribution in [1.82, 2.24) is 9.88 Å². The van der Waals surface area contributed by atoms with E-state index in [1.54, 1.807) is 49.6 Å². The largest absolute Gasteiger partial charge is 0.493 e. The molecule has 2 bridgehead atoms. The number of benzene rings is 3. The molecule has 11 heteroatoms. The summed E-state index contributed by atoms with van der Waals surface area (Å²) in [7, 11) is 3.08. The molecular weight excluding hydrogens is 653 g/mol. The number of pyridine rings is 1. The number of halogens is 2. The molecule has 0 spiro atoms. The summed E-state index contributed by atoms with van der Waals surface area (Å²) >= 11 is 12.9. The summed E-state index contributed by atoms with van der Waals surface area (Å²) < 4.78 is 23.2. The quantitative estimate of drug-likeness (QED) is 0.153. The standard InChI is InChI=1S/C37H37Cl2N3O6/c1-45-31-12-11-25(18-33(31)46-2)32(19-28-29(38)20-40-21-30(28)39)47-36(43)26-9-6-10-27(17-26)41-35(24-7-4-3-5-8-24)37(44)48-34-22-42-15-13-23(34)14-16-42/h3-12,17-18,20-21,23,32,34-35,41H,13-16,19,22H2,1-2H3/t32?,34-,35?/m0/s1. The van der Waals surface area contributed by atoms with Gasteiger partial charge in [-0.3, -0.25) is 9.88 Å². The summed E-state index contributed by atoms with van der Waals surface area (Å²) in [5.74, 6) is 0.457. The Hall–Kier alpha value is -4.31. The molecule has 0 radical (unpaired) electrons. The van der Waals surface area contributed by atoms with Gasteiger partial charge in [0.2, 0.25) is 0 Å². The molecule has 1 aromatic heterocycles. The molecule has 48 heavy (non-hydrogen) atoms. The van der Waals surface area contributed by atoms with Crippen molar-refractivity contribution in [2.45, 2.75) is 37.5 Å². The number of methoxy groups -OCH3 is 2. The van der Waals surface area contributed by atoms with E-state index in [0.29, 0.717) is 44.3 Å². The maximum Gasteiger partial charge on any atom is 0.338 e. The number of hydrogen-bond donors (Lipinski definition) is 1. The van der Waals surface area contributed by atoms with Crippen molar-refractivity contribution in [1.29, 1.82) is 0 Å². The van der Waals surface area contributed by atoms with E-state index < -0.39 is 18.1 Å². The lowest BCUT2D eigenvalue weighted by Gasteiger charge is -2.44. The van der Waals surface area contributed by atoms with Crippen LogP contribution in [0.4, 0.5) is 5.69 Å². The second kappa shape index (κ2) is 15.3. The number of esters is 2. The van der Waals surface area contributed by atoms with Crippen molar-refractivity contribution in [3.05, 3.63) is 117 Å². The monoisotopic (exact) mass is 689 g/mol. The summed E-state index contributed by atoms with van der Waals surface area (Å²) in [5, 5.41) is 4.03. The van der Waals surface area contributed by atoms with Crippen LogP contribution in [0.3, 0.4) is 0 Å². The van der Waals surface area contributed by atoms with Crippen molar-refractivity contribution in [3.63, 3.8) is 0 Å². The number of anilines is 1. The molecule has 3 aliphatic rings. The first-order valence-electron chi connectivity index (χ1n) is 15.9. The van der Waals surface area contributed by atoms with Gasteiger partial charge in [0.05, 0.1) is 29.8 Å². The van der Waals surface area contributed by atoms with Gasteiger partial charge in [0.25, 0.3) is 0 Å². The number of hydrogen-bond acceptors (Lipinski definition) is 9. The van der Waals surface area contributed by atoms with Crippen LogP contribution in [0, 0.1) is 5.92 Å². The van der Waals surface area contributed by atoms with E-state index >= 15 is 0 Å². The number of carbonyl (C=O) groups excluding carboxylic acids is 2. The molecule has 3 aromatic carbocycles. The Balaban J connectivity index is 1.24. The van der Waals surface area contributed by atoms with Crippen molar-refractivity contribution < 1.29 is 28.5 Å². The first kappa shape index (κ1) is 33.6. The number of piperidine rings is 3. The van der Waals surface area contributed by atoms with Crippen LogP contribution in [-0.2, 0) is 20.7 Å². The smallest absolute Gasteiger partial charge is 0.338 e. The Morgan fingerprint density at radius 3 is 2.29 bits per heavy atom. The highest BCUT2D eigenvalue weighted by Crippen LogP contribution is 2.36. The van der Waals surface area contributed by atoms with Crippen LogP contribution in [0.15, 0.2) is 85.2 Å². The molecule has 3 atom stereocenters. The highest BCUT2D eigenvalue weighted by molar-refractivity contribution is 6.35. The van der Waals surface area contributed by atoms with Crippen LogP contribution in [0.2, 0.25) is 10.0 Å². The number of ether oxygens (including phenoxy) is 4. The number of fused-ring (bicyclic) bond motifs is 3. The van der Waals surface area contributed by atoms with Crippen LogP contribution < -0.4 is 14.8 Å². The highest BCUT2D eigenvalue weighted by atomic mass is 35.5. The van der Waals surface area contributed by atoms with Crippen LogP contribution in [0.25, 0.3) is 0 Å². The first-order valence-corrected chi connectivity index (χ1v) is 16.6. The minimum atomic E-state index is -0.792. The second-order valence-corrected chi connectivity index (χ2v) is 12.8. The third kappa shape index (κ3) is 7.70. The van der Waals surface area contributed by atoms with Gasteiger partial charge in [0.1, 0.15) is 12.2 Å². The van der Waals surface area contributed by atoms with Crippen LogP contribution >= 0.6 is 23.2 Å². The molecule has 0 amide bonds. The number of nitrogens with zero attached hydrogens (tertiary/aromatic N) is 2. The second-order valence-electron chi connectivity index (χ2n) is 12.0. The predicted octanol–water partition coefficient (Wildman–Crippen LogP) is 7.34. The Bertz CT molecular complexity index is 1730. The van der Waals surface area contributed by atoms with Gasteiger partial charge in [-0.15, -0.1) is 0 Å². The fourth-order valence-electron chi connectivity index (χ4n) is 6.38. The molecular formula is C37H37Cl2N3O6. The number of carbonyl (C=O) groups is 2. The number of rotatable bonds is 12. The van der Waals surface area contributed by atoms with E-state index in [-0.39, 0.29) is 24.1 Å². The van der Waals surface area contributed by atoms with Gasteiger partial charge in [-0.2, -0.15) is 0 Å². The number of nitrogens with one attached hydrogen (secondary N) is 1. The molecule has 2 unspecified atom stereocenters. The predicted molar refractivity (Wildman–Crippen MR) is 184 cm³/mol. The van der Waals surface area contributed by atoms with Gasteiger partial charge >= 0.3 is 11.9 Å². The molecule has 0 saturated carbocycles. The summed E-state index contributed by atoms with van der Waals surface area (Å²) in [6, 6.07) is 20.8. The molecule has 3 saturated heterocycles. The fourth-order valence-corrected chi connectivity index (χ4v) is 6.90. The normalized spacial score (nSPS) is 19.5. The zero-order valence-corrected chi connectivity index (χ0v) is 28.2. The molecule has 0 aliphatic carbocycles. The van der Waals surface area contributed by atoms with E-state index in [4.69, 9.17) is 42.1 Å². The van der Waals surface area contributed by atoms with E-state index in [2.05, 4.69) is 15.2 Å². The Morgan fingerprint density at radius 1 is 0.896 bits per heavy atom. The SMILES string of the molecule is COc1ccc(C(Cc2c(Cl)cncc2Cl)OC(=O)c2cccc(NC(C(=O)O[C@H]3CN4CCC3CC4)c3ccccc3)c2)cc1OC. The minimum Gasteiger partial charge on any atom is -0.493 e. The molecule has 3 fully saturated rings. The molecule has 3 aliphatic heterocycles. The van der Waals surface area contributed by atoms with Gasteiger partial charge in [-0.25, -0.2) is 9.59 Å². The minimum absolute atomic E-state index is 0.134. The maximum atomic E-state index is 13.8. The maximum absolute atomic E-state index is 13.8. The van der Waals surface area contributed by atoms with E-state index in [0.717, 1.165) is 38.0 Å². The average molecular weight is 691 g/mol. The lowest BCUT2D eigenvalue weighted by atomic mass is 9.86. The summed E-state index contributed by atoms with van der Waals surface area (Å²) in [5.41, 5.74) is 2.85. The topological polar surface area (TPSA) is 99.2 Å². The molecule has 250 valence electrons. The zero-order chi connectivity index (χ0) is 33.6. The Kier molecular flexibility index (Phi) is 10.7. The van der Waals surface area contributed by atoms with Gasteiger partial charge in [-0.05, 0) is 78.9 Å². The van der Waals surface area contributed by atoms with Crippen LogP contribution in [0.1, 0.15) is 52.0 Å². The van der Waals surface area contributed by atoms with E-state index in [1.165, 1.54) is 19.5 Å². The number of aromatic nitrogens is 1. The summed E-state index contributed by atoms with van der Waals surface area (Å²) in [6.45, 7) is 2.87. The van der Waals surface area contributed by atoms with E-state index in [9.17, 15) is 9.59 Å². The highest BCUT2D eigenvalue weighted by Gasteiger charge is 2.38. The lowest BCUT2D eigenvalue weighted by Crippen LogP contribution is -2.52. The van der Waals surface area contributed by atoms with Gasteiger partial charge < -0.3 is 24.3 Å². The molecule has 1 N–H and O–H groups in total. The van der Waals surface area contributed by atoms with E-state index in [1.807, 2.05) is 30.3 Å². The van der Waals surface area contributed by atoms with Crippen molar-refractivity contribution in [3.8, 4) is 11.5 Å². The molecule has 4 aromatic rings. The van der Waals surface area contributed by atoms with Crippen LogP contribution in [-0.4, -0.2) is 61.8 Å². The average Bonchev–Trinajstić information content (AvgIpc) is 3.12. The van der Waals surface area contributed by atoms with Crippen LogP contribution in [0.5, 0.6) is 11.5 Å². The van der Waals surface area contributed by atoms with Crippen molar-refractivity contribution in [2.24, 2.45) is 5.92 Å². The molecule has 4 heterocycles. The Morgan fingerprint density at radius 2 is 1.62 bits per heavy atom. The van der Waals surface area contributed by atoms with Gasteiger partial charge in [-0.1, -0.05) is 65.7 Å². The van der Waals surface area contributed by atoms with Crippen molar-refractivity contribution >= 4 is 40.8 Å². The third-order valence-corrected chi connectivity index (χ3v) is 9.66. The first-order chi connectivity index (χ1) is 23.3. The van der Waals surface area contributed by atoms with Gasteiger partial charge in [0.15, 0.2) is 17.5 Å². The molecule has 7 rings (SSSR count).